The molecular weight excluding hydrogens is 236 g/mol. The molecule has 1 aromatic heterocycles. The van der Waals surface area contributed by atoms with Crippen LogP contribution in [-0.4, -0.2) is 15.5 Å². The molecule has 0 N–H and O–H groups in total. The number of aryl methyl sites for hydroxylation is 1. The smallest absolute Gasteiger partial charge is 0.252 e. The van der Waals surface area contributed by atoms with Crippen molar-refractivity contribution in [1.82, 2.24) is 9.55 Å². The van der Waals surface area contributed by atoms with Crippen LogP contribution in [0.3, 0.4) is 0 Å². The predicted octanol–water partition coefficient (Wildman–Crippen LogP) is 3.19. The summed E-state index contributed by atoms with van der Waals surface area (Å²) < 4.78 is 27.8. The highest BCUT2D eigenvalue weighted by Gasteiger charge is 2.47. The molecule has 1 aliphatic rings. The van der Waals surface area contributed by atoms with Crippen LogP contribution in [0, 0.1) is 18.3 Å². The minimum Gasteiger partial charge on any atom is -0.325 e. The summed E-state index contributed by atoms with van der Waals surface area (Å²) in [4.78, 5) is 4.35. The van der Waals surface area contributed by atoms with Crippen LogP contribution in [0.25, 0.3) is 11.0 Å². The van der Waals surface area contributed by atoms with Gasteiger partial charge in [-0.05, 0) is 25.1 Å². The number of aromatic nitrogens is 2. The molecule has 0 atom stereocenters. The van der Waals surface area contributed by atoms with E-state index in [0.717, 1.165) is 16.9 Å². The molecule has 1 aliphatic carbocycles. The topological polar surface area (TPSA) is 41.6 Å². The molecule has 3 nitrogen and oxygen atoms in total. The molecule has 0 spiro atoms. The number of imidazole rings is 1. The summed E-state index contributed by atoms with van der Waals surface area (Å²) in [5.74, 6) is -1.83. The monoisotopic (exact) mass is 247 g/mol. The van der Waals surface area contributed by atoms with Crippen molar-refractivity contribution < 1.29 is 8.78 Å². The van der Waals surface area contributed by atoms with Gasteiger partial charge in [0.1, 0.15) is 5.82 Å². The zero-order valence-corrected chi connectivity index (χ0v) is 9.82. The Balaban J connectivity index is 2.11. The van der Waals surface area contributed by atoms with Crippen LogP contribution in [-0.2, 0) is 0 Å². The Bertz CT molecular complexity index is 659. The van der Waals surface area contributed by atoms with Crippen LogP contribution >= 0.6 is 0 Å². The minimum atomic E-state index is -2.56. The van der Waals surface area contributed by atoms with E-state index in [1.165, 1.54) is 0 Å². The Morgan fingerprint density at radius 2 is 2.17 bits per heavy atom. The number of nitrogens with zero attached hydrogens (tertiary/aromatic N) is 3. The molecule has 0 bridgehead atoms. The second kappa shape index (κ2) is 3.52. The number of hydrogen-bond acceptors (Lipinski definition) is 2. The molecule has 92 valence electrons. The third-order valence-electron chi connectivity index (χ3n) is 3.43. The second-order valence-corrected chi connectivity index (χ2v) is 4.76. The maximum atomic E-state index is 13.0. The normalized spacial score (nSPS) is 18.6. The lowest BCUT2D eigenvalue weighted by Crippen LogP contribution is -2.37. The fraction of sp³-hybridized carbons (Fsp3) is 0.385. The summed E-state index contributed by atoms with van der Waals surface area (Å²) >= 11 is 0. The summed E-state index contributed by atoms with van der Waals surface area (Å²) in [6.45, 7) is 1.81. The third kappa shape index (κ3) is 1.57. The number of halogens is 2. The van der Waals surface area contributed by atoms with Crippen LogP contribution in [0.5, 0.6) is 0 Å². The molecule has 1 saturated carbocycles. The van der Waals surface area contributed by atoms with E-state index < -0.39 is 5.92 Å². The minimum absolute atomic E-state index is 0.143. The second-order valence-electron chi connectivity index (χ2n) is 4.76. The highest BCUT2D eigenvalue weighted by Crippen LogP contribution is 2.46. The number of rotatable bonds is 1. The van der Waals surface area contributed by atoms with Crippen LogP contribution < -0.4 is 0 Å². The maximum Gasteiger partial charge on any atom is 0.252 e. The molecular formula is C13H11F2N3. The fourth-order valence-electron chi connectivity index (χ4n) is 2.56. The number of alkyl halides is 2. The summed E-state index contributed by atoms with van der Waals surface area (Å²) in [5, 5.41) is 8.89. The van der Waals surface area contributed by atoms with Gasteiger partial charge in [0.2, 0.25) is 0 Å². The molecule has 1 heterocycles. The van der Waals surface area contributed by atoms with Crippen molar-refractivity contribution in [3.63, 3.8) is 0 Å². The fourth-order valence-corrected chi connectivity index (χ4v) is 2.56. The van der Waals surface area contributed by atoms with E-state index in [4.69, 9.17) is 5.26 Å². The van der Waals surface area contributed by atoms with E-state index in [0.29, 0.717) is 5.56 Å². The van der Waals surface area contributed by atoms with Crippen molar-refractivity contribution >= 4 is 11.0 Å². The largest absolute Gasteiger partial charge is 0.325 e. The van der Waals surface area contributed by atoms with Crippen LogP contribution in [0.4, 0.5) is 8.78 Å². The average Bonchev–Trinajstić information content (AvgIpc) is 2.60. The highest BCUT2D eigenvalue weighted by atomic mass is 19.3. The van der Waals surface area contributed by atoms with Crippen LogP contribution in [0.1, 0.15) is 30.3 Å². The molecule has 3 rings (SSSR count). The lowest BCUT2D eigenvalue weighted by molar-refractivity contribution is -0.103. The van der Waals surface area contributed by atoms with Gasteiger partial charge >= 0.3 is 0 Å². The summed E-state index contributed by atoms with van der Waals surface area (Å²) in [6.07, 6.45) is -0.286. The first-order chi connectivity index (χ1) is 8.50. The van der Waals surface area contributed by atoms with Crippen molar-refractivity contribution in [1.29, 1.82) is 5.26 Å². The number of hydrogen-bond donors (Lipinski definition) is 0. The van der Waals surface area contributed by atoms with Crippen LogP contribution in [0.2, 0.25) is 0 Å². The van der Waals surface area contributed by atoms with Gasteiger partial charge in [-0.25, -0.2) is 13.8 Å². The Labute approximate surface area is 103 Å². The molecule has 18 heavy (non-hydrogen) atoms. The molecule has 0 amide bonds. The van der Waals surface area contributed by atoms with Crippen molar-refractivity contribution in [2.75, 3.05) is 0 Å². The summed E-state index contributed by atoms with van der Waals surface area (Å²) in [7, 11) is 0. The maximum absolute atomic E-state index is 13.0. The molecule has 5 heteroatoms. The zero-order chi connectivity index (χ0) is 12.9. The van der Waals surface area contributed by atoms with Gasteiger partial charge in [0.05, 0.1) is 22.7 Å². The quantitative estimate of drug-likeness (QED) is 0.776. The van der Waals surface area contributed by atoms with Crippen molar-refractivity contribution in [3.8, 4) is 6.07 Å². The van der Waals surface area contributed by atoms with Gasteiger partial charge in [0, 0.05) is 18.9 Å². The van der Waals surface area contributed by atoms with Crippen molar-refractivity contribution in [2.24, 2.45) is 0 Å². The number of fused-ring (bicyclic) bond motifs is 1. The first kappa shape index (κ1) is 11.1. The first-order valence-electron chi connectivity index (χ1n) is 5.77. The predicted molar refractivity (Wildman–Crippen MR) is 62.4 cm³/mol. The average molecular weight is 247 g/mol. The Kier molecular flexibility index (Phi) is 2.18. The number of nitriles is 1. The molecule has 0 unspecified atom stereocenters. The van der Waals surface area contributed by atoms with E-state index in [9.17, 15) is 8.78 Å². The van der Waals surface area contributed by atoms with Gasteiger partial charge in [-0.15, -0.1) is 0 Å². The standard InChI is InChI=1S/C13H11F2N3/c1-8-17-11-3-2-9(7-16)4-12(11)18(8)10-5-13(14,15)6-10/h2-4,10H,5-6H2,1H3. The van der Waals surface area contributed by atoms with Gasteiger partial charge in [-0.2, -0.15) is 5.26 Å². The van der Waals surface area contributed by atoms with Gasteiger partial charge in [0.25, 0.3) is 5.92 Å². The van der Waals surface area contributed by atoms with Gasteiger partial charge in [-0.3, -0.25) is 0 Å². The van der Waals surface area contributed by atoms with E-state index in [2.05, 4.69) is 11.1 Å². The molecule has 1 aromatic carbocycles. The first-order valence-corrected chi connectivity index (χ1v) is 5.77. The van der Waals surface area contributed by atoms with E-state index in [-0.39, 0.29) is 18.9 Å². The molecule has 1 fully saturated rings. The molecule has 0 aliphatic heterocycles. The van der Waals surface area contributed by atoms with Crippen molar-refractivity contribution in [3.05, 3.63) is 29.6 Å². The molecule has 0 saturated heterocycles. The highest BCUT2D eigenvalue weighted by molar-refractivity contribution is 5.78. The Morgan fingerprint density at radius 1 is 1.44 bits per heavy atom. The van der Waals surface area contributed by atoms with Gasteiger partial charge in [0.15, 0.2) is 0 Å². The zero-order valence-electron chi connectivity index (χ0n) is 9.82. The van der Waals surface area contributed by atoms with Crippen molar-refractivity contribution in [2.45, 2.75) is 31.7 Å². The third-order valence-corrected chi connectivity index (χ3v) is 3.43. The lowest BCUT2D eigenvalue weighted by Gasteiger charge is -2.36. The van der Waals surface area contributed by atoms with Crippen LogP contribution in [0.15, 0.2) is 18.2 Å². The van der Waals surface area contributed by atoms with E-state index >= 15 is 0 Å². The molecule has 0 radical (unpaired) electrons. The number of benzene rings is 1. The van der Waals surface area contributed by atoms with Gasteiger partial charge < -0.3 is 4.57 Å². The Morgan fingerprint density at radius 3 is 2.78 bits per heavy atom. The summed E-state index contributed by atoms with van der Waals surface area (Å²) in [5.41, 5.74) is 2.04. The molecule has 2 aromatic rings. The Hall–Kier alpha value is -1.96. The SMILES string of the molecule is Cc1nc2ccc(C#N)cc2n1C1CC(F)(F)C1. The van der Waals surface area contributed by atoms with Gasteiger partial charge in [-0.1, -0.05) is 0 Å². The van der Waals surface area contributed by atoms with E-state index in [1.54, 1.807) is 18.2 Å². The summed E-state index contributed by atoms with van der Waals surface area (Å²) in [6, 6.07) is 7.01. The lowest BCUT2D eigenvalue weighted by atomic mass is 9.87. The van der Waals surface area contributed by atoms with E-state index in [1.807, 2.05) is 11.5 Å².